The van der Waals surface area contributed by atoms with Crippen LogP contribution in [0.3, 0.4) is 0 Å². The van der Waals surface area contributed by atoms with Crippen LogP contribution in [-0.2, 0) is 0 Å². The number of benzene rings is 1. The second-order valence-corrected chi connectivity index (χ2v) is 2.68. The van der Waals surface area contributed by atoms with Crippen LogP contribution >= 0.6 is 0 Å². The molecule has 1 radical (unpaired) electrons. The van der Waals surface area contributed by atoms with Gasteiger partial charge in [-0.1, -0.05) is 18.2 Å². The van der Waals surface area contributed by atoms with Gasteiger partial charge in [0.25, 0.3) is 0 Å². The highest BCUT2D eigenvalue weighted by Crippen LogP contribution is 2.12. The van der Waals surface area contributed by atoms with Crippen molar-refractivity contribution in [3.63, 3.8) is 0 Å². The topological polar surface area (TPSA) is 17.0 Å². The van der Waals surface area contributed by atoms with Crippen molar-refractivity contribution < 1.29 is 0 Å². The Labute approximate surface area is 71.8 Å². The Morgan fingerprint density at radius 3 is 3.08 bits per heavy atom. The molecule has 1 aromatic carbocycles. The summed E-state index contributed by atoms with van der Waals surface area (Å²) in [5.41, 5.74) is 4.37. The predicted octanol–water partition coefficient (Wildman–Crippen LogP) is 2.00. The van der Waals surface area contributed by atoms with Crippen molar-refractivity contribution in [2.75, 3.05) is 12.0 Å². The van der Waals surface area contributed by atoms with Gasteiger partial charge < -0.3 is 5.43 Å². The minimum Gasteiger partial charge on any atom is -0.326 e. The van der Waals surface area contributed by atoms with Gasteiger partial charge in [-0.3, -0.25) is 4.68 Å². The summed E-state index contributed by atoms with van der Waals surface area (Å²) in [6.07, 6.45) is 3.12. The molecule has 0 amide bonds. The van der Waals surface area contributed by atoms with Gasteiger partial charge in [-0.05, 0) is 19.1 Å². The van der Waals surface area contributed by atoms with Crippen LogP contribution < -0.4 is 5.43 Å². The normalized spacial score (nSPS) is 10.4. The predicted molar refractivity (Wildman–Crippen MR) is 50.7 cm³/mol. The zero-order valence-corrected chi connectivity index (χ0v) is 7.04. The molecule has 2 aromatic rings. The molecule has 1 aromatic heterocycles. The van der Waals surface area contributed by atoms with E-state index in [9.17, 15) is 0 Å². The molecule has 61 valence electrons. The van der Waals surface area contributed by atoms with E-state index in [2.05, 4.69) is 30.7 Å². The maximum atomic E-state index is 3.19. The summed E-state index contributed by atoms with van der Waals surface area (Å²) >= 11 is 0. The van der Waals surface area contributed by atoms with E-state index in [1.165, 1.54) is 10.9 Å². The number of hydrogen-bond acceptors (Lipinski definition) is 1. The third-order valence-corrected chi connectivity index (χ3v) is 1.84. The van der Waals surface area contributed by atoms with Crippen molar-refractivity contribution in [1.29, 1.82) is 0 Å². The average Bonchev–Trinajstić information content (AvgIpc) is 2.50. The minimum absolute atomic E-state index is 0.912. The van der Waals surface area contributed by atoms with Crippen molar-refractivity contribution in [3.05, 3.63) is 36.5 Å². The number of para-hydroxylation sites is 1. The summed E-state index contributed by atoms with van der Waals surface area (Å²) in [4.78, 5) is 0. The zero-order valence-electron chi connectivity index (χ0n) is 7.04. The lowest BCUT2D eigenvalue weighted by Gasteiger charge is -2.04. The molecule has 0 unspecified atom stereocenters. The molecule has 0 saturated heterocycles. The molecule has 0 aliphatic rings. The van der Waals surface area contributed by atoms with E-state index in [4.69, 9.17) is 0 Å². The van der Waals surface area contributed by atoms with Crippen molar-refractivity contribution in [1.82, 2.24) is 4.68 Å². The van der Waals surface area contributed by atoms with Gasteiger partial charge in [0.15, 0.2) is 0 Å². The summed E-state index contributed by atoms with van der Waals surface area (Å²) in [5.74, 6) is 0. The maximum absolute atomic E-state index is 3.19. The first kappa shape index (κ1) is 7.22. The van der Waals surface area contributed by atoms with Gasteiger partial charge in [0.05, 0.1) is 11.7 Å². The van der Waals surface area contributed by atoms with Crippen molar-refractivity contribution in [2.24, 2.45) is 0 Å². The van der Waals surface area contributed by atoms with Gasteiger partial charge in [-0.15, -0.1) is 0 Å². The Bertz CT molecular complexity index is 376. The maximum Gasteiger partial charge on any atom is 0.0890 e. The highest BCUT2D eigenvalue weighted by molar-refractivity contribution is 5.79. The number of rotatable bonds is 2. The Morgan fingerprint density at radius 1 is 1.42 bits per heavy atom. The van der Waals surface area contributed by atoms with Gasteiger partial charge in [-0.2, -0.15) is 0 Å². The fourth-order valence-corrected chi connectivity index (χ4v) is 1.31. The smallest absolute Gasteiger partial charge is 0.0890 e. The van der Waals surface area contributed by atoms with E-state index in [0.717, 1.165) is 6.54 Å². The molecule has 0 fully saturated rings. The Balaban J connectivity index is 2.55. The standard InChI is InChI=1S/C10H11N2/c1-2-11-12-8-7-9-5-3-4-6-10(9)12/h3-7,11H,2H2,1H3. The van der Waals surface area contributed by atoms with Gasteiger partial charge in [-0.25, -0.2) is 0 Å². The van der Waals surface area contributed by atoms with Gasteiger partial charge in [0.1, 0.15) is 0 Å². The molecule has 1 heterocycles. The second-order valence-electron chi connectivity index (χ2n) is 2.68. The minimum atomic E-state index is 0.912. The zero-order chi connectivity index (χ0) is 8.39. The average molecular weight is 159 g/mol. The fourth-order valence-electron chi connectivity index (χ4n) is 1.31. The molecule has 2 rings (SSSR count). The molecule has 0 atom stereocenters. The fraction of sp³-hybridized carbons (Fsp3) is 0.200. The molecule has 0 spiro atoms. The number of aromatic nitrogens is 1. The van der Waals surface area contributed by atoms with E-state index in [-0.39, 0.29) is 0 Å². The largest absolute Gasteiger partial charge is 0.326 e. The van der Waals surface area contributed by atoms with Crippen LogP contribution in [0.25, 0.3) is 10.9 Å². The van der Waals surface area contributed by atoms with Crippen LogP contribution in [0.1, 0.15) is 6.92 Å². The molecular formula is C10H11N2. The molecule has 1 N–H and O–H groups in total. The molecule has 2 heteroatoms. The summed E-state index contributed by atoms with van der Waals surface area (Å²) in [6, 6.07) is 10.2. The summed E-state index contributed by atoms with van der Waals surface area (Å²) < 4.78 is 1.93. The van der Waals surface area contributed by atoms with Crippen molar-refractivity contribution in [2.45, 2.75) is 6.92 Å². The first-order valence-electron chi connectivity index (χ1n) is 4.14. The Hall–Kier alpha value is -1.44. The van der Waals surface area contributed by atoms with Crippen molar-refractivity contribution in [3.8, 4) is 0 Å². The first-order chi connectivity index (χ1) is 5.92. The van der Waals surface area contributed by atoms with E-state index in [1.807, 2.05) is 22.9 Å². The number of hydrogen-bond donors (Lipinski definition) is 1. The molecule has 0 aliphatic heterocycles. The SMILES string of the molecule is CCNn1[c]cc2ccccc21. The van der Waals surface area contributed by atoms with Gasteiger partial charge >= 0.3 is 0 Å². The number of fused-ring (bicyclic) bond motifs is 1. The summed E-state index contributed by atoms with van der Waals surface area (Å²) in [5, 5.41) is 1.22. The van der Waals surface area contributed by atoms with E-state index >= 15 is 0 Å². The number of nitrogens with one attached hydrogen (secondary N) is 1. The van der Waals surface area contributed by atoms with Crippen LogP contribution in [0.2, 0.25) is 0 Å². The highest BCUT2D eigenvalue weighted by Gasteiger charge is 1.96. The van der Waals surface area contributed by atoms with Crippen LogP contribution in [0, 0.1) is 6.20 Å². The quantitative estimate of drug-likeness (QED) is 0.709. The summed E-state index contributed by atoms with van der Waals surface area (Å²) in [6.45, 7) is 2.98. The lowest BCUT2D eigenvalue weighted by Crippen LogP contribution is -2.12. The third kappa shape index (κ3) is 1.05. The van der Waals surface area contributed by atoms with E-state index in [1.54, 1.807) is 0 Å². The number of nitrogens with zero attached hydrogens (tertiary/aromatic N) is 1. The molecular weight excluding hydrogens is 148 g/mol. The highest BCUT2D eigenvalue weighted by atomic mass is 15.4. The lowest BCUT2D eigenvalue weighted by atomic mass is 10.3. The molecule has 0 saturated carbocycles. The third-order valence-electron chi connectivity index (χ3n) is 1.84. The molecule has 0 aliphatic carbocycles. The first-order valence-corrected chi connectivity index (χ1v) is 4.14. The molecule has 2 nitrogen and oxygen atoms in total. The van der Waals surface area contributed by atoms with Gasteiger partial charge in [0, 0.05) is 11.9 Å². The van der Waals surface area contributed by atoms with Crippen LogP contribution in [0.4, 0.5) is 0 Å². The van der Waals surface area contributed by atoms with Crippen LogP contribution in [-0.4, -0.2) is 11.2 Å². The van der Waals surface area contributed by atoms with E-state index in [0.29, 0.717) is 0 Å². The van der Waals surface area contributed by atoms with Crippen LogP contribution in [0.5, 0.6) is 0 Å². The lowest BCUT2D eigenvalue weighted by molar-refractivity contribution is 0.895. The molecule has 12 heavy (non-hydrogen) atoms. The van der Waals surface area contributed by atoms with E-state index < -0.39 is 0 Å². The van der Waals surface area contributed by atoms with Gasteiger partial charge in [0.2, 0.25) is 0 Å². The van der Waals surface area contributed by atoms with Crippen LogP contribution in [0.15, 0.2) is 30.3 Å². The monoisotopic (exact) mass is 159 g/mol. The molecule has 0 bridgehead atoms. The summed E-state index contributed by atoms with van der Waals surface area (Å²) in [7, 11) is 0. The second kappa shape index (κ2) is 2.89. The van der Waals surface area contributed by atoms with Crippen molar-refractivity contribution >= 4 is 10.9 Å². The Morgan fingerprint density at radius 2 is 2.25 bits per heavy atom. The Kier molecular flexibility index (Phi) is 1.74.